The van der Waals surface area contributed by atoms with E-state index in [-0.39, 0.29) is 12.4 Å². The van der Waals surface area contributed by atoms with Gasteiger partial charge in [0.15, 0.2) is 11.5 Å². The molecule has 1 heterocycles. The first kappa shape index (κ1) is 14.1. The second-order valence-electron chi connectivity index (χ2n) is 4.17. The molecule has 0 aliphatic carbocycles. The van der Waals surface area contributed by atoms with Crippen molar-refractivity contribution in [2.75, 3.05) is 13.2 Å². The highest BCUT2D eigenvalue weighted by molar-refractivity contribution is 5.85. The van der Waals surface area contributed by atoms with E-state index in [4.69, 9.17) is 9.47 Å². The molecule has 0 aromatic heterocycles. The van der Waals surface area contributed by atoms with Crippen LogP contribution in [-0.2, 0) is 6.54 Å². The van der Waals surface area contributed by atoms with E-state index in [2.05, 4.69) is 31.3 Å². The number of benzene rings is 1. The van der Waals surface area contributed by atoms with E-state index in [9.17, 15) is 0 Å². The lowest BCUT2D eigenvalue weighted by Gasteiger charge is -2.19. The predicted octanol–water partition coefficient (Wildman–Crippen LogP) is 2.77. The minimum absolute atomic E-state index is 0. The zero-order valence-electron chi connectivity index (χ0n) is 10.4. The summed E-state index contributed by atoms with van der Waals surface area (Å²) >= 11 is 0. The molecule has 0 radical (unpaired) electrons. The van der Waals surface area contributed by atoms with Gasteiger partial charge in [-0.05, 0) is 31.0 Å². The number of fused-ring (bicyclic) bond motifs is 1. The number of rotatable bonds is 4. The molecule has 0 bridgehead atoms. The maximum absolute atomic E-state index is 5.54. The summed E-state index contributed by atoms with van der Waals surface area (Å²) in [7, 11) is 0. The Morgan fingerprint density at radius 1 is 1.24 bits per heavy atom. The fourth-order valence-electron chi connectivity index (χ4n) is 1.63. The molecule has 3 nitrogen and oxygen atoms in total. The zero-order chi connectivity index (χ0) is 11.4. The monoisotopic (exact) mass is 257 g/mol. The highest BCUT2D eigenvalue weighted by Crippen LogP contribution is 2.30. The number of ether oxygens (including phenoxy) is 2. The molecule has 1 aromatic rings. The van der Waals surface area contributed by atoms with Gasteiger partial charge in [-0.15, -0.1) is 12.4 Å². The van der Waals surface area contributed by atoms with Crippen LogP contribution in [0.15, 0.2) is 18.2 Å². The van der Waals surface area contributed by atoms with Gasteiger partial charge in [0, 0.05) is 12.6 Å². The molecule has 1 aliphatic heterocycles. The van der Waals surface area contributed by atoms with Gasteiger partial charge in [-0.1, -0.05) is 13.0 Å². The fraction of sp³-hybridized carbons (Fsp3) is 0.538. The first-order chi connectivity index (χ1) is 7.79. The molecular formula is C13H20ClNO2. The van der Waals surface area contributed by atoms with Gasteiger partial charge in [-0.25, -0.2) is 0 Å². The molecule has 1 unspecified atom stereocenters. The largest absolute Gasteiger partial charge is 0.486 e. The van der Waals surface area contributed by atoms with Crippen molar-refractivity contribution in [3.8, 4) is 11.5 Å². The fourth-order valence-corrected chi connectivity index (χ4v) is 1.63. The molecule has 0 spiro atoms. The Balaban J connectivity index is 0.00000144. The number of hydrogen-bond acceptors (Lipinski definition) is 3. The summed E-state index contributed by atoms with van der Waals surface area (Å²) in [6.45, 7) is 6.55. The first-order valence-corrected chi connectivity index (χ1v) is 5.91. The third kappa shape index (κ3) is 3.79. The van der Waals surface area contributed by atoms with Crippen LogP contribution in [0.25, 0.3) is 0 Å². The molecule has 1 aromatic carbocycles. The Labute approximate surface area is 109 Å². The van der Waals surface area contributed by atoms with Crippen LogP contribution in [0.5, 0.6) is 11.5 Å². The summed E-state index contributed by atoms with van der Waals surface area (Å²) in [4.78, 5) is 0. The van der Waals surface area contributed by atoms with Crippen LogP contribution < -0.4 is 14.8 Å². The van der Waals surface area contributed by atoms with Crippen molar-refractivity contribution in [2.45, 2.75) is 32.9 Å². The smallest absolute Gasteiger partial charge is 0.161 e. The van der Waals surface area contributed by atoms with E-state index in [1.807, 2.05) is 6.07 Å². The molecule has 17 heavy (non-hydrogen) atoms. The molecule has 1 N–H and O–H groups in total. The number of halogens is 1. The van der Waals surface area contributed by atoms with E-state index < -0.39 is 0 Å². The summed E-state index contributed by atoms with van der Waals surface area (Å²) in [5.74, 6) is 1.73. The average molecular weight is 258 g/mol. The van der Waals surface area contributed by atoms with E-state index in [0.29, 0.717) is 19.3 Å². The first-order valence-electron chi connectivity index (χ1n) is 5.91. The lowest BCUT2D eigenvalue weighted by molar-refractivity contribution is 0.171. The van der Waals surface area contributed by atoms with Crippen molar-refractivity contribution in [2.24, 2.45) is 0 Å². The van der Waals surface area contributed by atoms with Crippen LogP contribution >= 0.6 is 12.4 Å². The maximum atomic E-state index is 5.54. The average Bonchev–Trinajstić information content (AvgIpc) is 2.35. The van der Waals surface area contributed by atoms with Crippen molar-refractivity contribution in [1.29, 1.82) is 0 Å². The molecule has 0 fully saturated rings. The minimum Gasteiger partial charge on any atom is -0.486 e. The summed E-state index contributed by atoms with van der Waals surface area (Å²) in [6, 6.07) is 6.68. The summed E-state index contributed by atoms with van der Waals surface area (Å²) in [6.07, 6.45) is 1.14. The highest BCUT2D eigenvalue weighted by atomic mass is 35.5. The normalized spacial score (nSPS) is 14.9. The van der Waals surface area contributed by atoms with Gasteiger partial charge in [-0.3, -0.25) is 0 Å². The van der Waals surface area contributed by atoms with Gasteiger partial charge in [0.1, 0.15) is 13.2 Å². The van der Waals surface area contributed by atoms with Crippen molar-refractivity contribution in [3.63, 3.8) is 0 Å². The second-order valence-corrected chi connectivity index (χ2v) is 4.17. The van der Waals surface area contributed by atoms with Crippen LogP contribution in [0.1, 0.15) is 25.8 Å². The number of hydrogen-bond donors (Lipinski definition) is 1. The number of nitrogens with one attached hydrogen (secondary N) is 1. The highest BCUT2D eigenvalue weighted by Gasteiger charge is 2.11. The third-order valence-corrected chi connectivity index (χ3v) is 2.87. The molecule has 96 valence electrons. The Kier molecular flexibility index (Phi) is 5.59. The van der Waals surface area contributed by atoms with Crippen molar-refractivity contribution < 1.29 is 9.47 Å². The van der Waals surface area contributed by atoms with Gasteiger partial charge in [0.2, 0.25) is 0 Å². The summed E-state index contributed by atoms with van der Waals surface area (Å²) in [5, 5.41) is 3.46. The molecular weight excluding hydrogens is 238 g/mol. The Morgan fingerprint density at radius 3 is 2.65 bits per heavy atom. The van der Waals surface area contributed by atoms with Gasteiger partial charge < -0.3 is 14.8 Å². The zero-order valence-corrected chi connectivity index (χ0v) is 11.2. The van der Waals surface area contributed by atoms with E-state index >= 15 is 0 Å². The summed E-state index contributed by atoms with van der Waals surface area (Å²) in [5.41, 5.74) is 1.24. The predicted molar refractivity (Wildman–Crippen MR) is 71.3 cm³/mol. The molecule has 4 heteroatoms. The molecule has 1 atom stereocenters. The Morgan fingerprint density at radius 2 is 1.94 bits per heavy atom. The third-order valence-electron chi connectivity index (χ3n) is 2.87. The molecule has 0 saturated carbocycles. The molecule has 1 aliphatic rings. The lowest BCUT2D eigenvalue weighted by atomic mass is 10.1. The Hall–Kier alpha value is -0.930. The van der Waals surface area contributed by atoms with Crippen LogP contribution in [0.2, 0.25) is 0 Å². The van der Waals surface area contributed by atoms with Gasteiger partial charge in [-0.2, -0.15) is 0 Å². The molecule has 0 saturated heterocycles. The Bertz CT molecular complexity index is 357. The quantitative estimate of drug-likeness (QED) is 0.900. The summed E-state index contributed by atoms with van der Waals surface area (Å²) < 4.78 is 11.0. The topological polar surface area (TPSA) is 30.5 Å². The second kappa shape index (κ2) is 6.72. The van der Waals surface area contributed by atoms with E-state index in [1.165, 1.54) is 5.56 Å². The lowest BCUT2D eigenvalue weighted by Crippen LogP contribution is -2.24. The van der Waals surface area contributed by atoms with E-state index in [0.717, 1.165) is 24.5 Å². The van der Waals surface area contributed by atoms with Crippen LogP contribution in [0.4, 0.5) is 0 Å². The minimum atomic E-state index is 0. The van der Waals surface area contributed by atoms with Crippen molar-refractivity contribution >= 4 is 12.4 Å². The SMILES string of the molecule is CCC(C)NCc1ccc2c(c1)OCCO2.Cl. The van der Waals surface area contributed by atoms with Gasteiger partial charge >= 0.3 is 0 Å². The molecule has 2 rings (SSSR count). The van der Waals surface area contributed by atoms with Crippen molar-refractivity contribution in [1.82, 2.24) is 5.32 Å². The molecule has 0 amide bonds. The van der Waals surface area contributed by atoms with Crippen molar-refractivity contribution in [3.05, 3.63) is 23.8 Å². The van der Waals surface area contributed by atoms with Crippen LogP contribution in [-0.4, -0.2) is 19.3 Å². The van der Waals surface area contributed by atoms with E-state index in [1.54, 1.807) is 0 Å². The van der Waals surface area contributed by atoms with Crippen LogP contribution in [0, 0.1) is 0 Å². The maximum Gasteiger partial charge on any atom is 0.161 e. The van der Waals surface area contributed by atoms with Crippen LogP contribution in [0.3, 0.4) is 0 Å². The van der Waals surface area contributed by atoms with Gasteiger partial charge in [0.05, 0.1) is 0 Å². The standard InChI is InChI=1S/C13H19NO2.ClH/c1-3-10(2)14-9-11-4-5-12-13(8-11)16-7-6-15-12;/h4-5,8,10,14H,3,6-7,9H2,1-2H3;1H. The van der Waals surface area contributed by atoms with Gasteiger partial charge in [0.25, 0.3) is 0 Å².